The van der Waals surface area contributed by atoms with Crippen LogP contribution >= 0.6 is 35.0 Å². The lowest BCUT2D eigenvalue weighted by Crippen LogP contribution is -2.14. The minimum absolute atomic E-state index is 0.0848. The van der Waals surface area contributed by atoms with Gasteiger partial charge >= 0.3 is 0 Å². The van der Waals surface area contributed by atoms with Crippen molar-refractivity contribution in [3.05, 3.63) is 80.2 Å². The van der Waals surface area contributed by atoms with E-state index in [-0.39, 0.29) is 17.3 Å². The summed E-state index contributed by atoms with van der Waals surface area (Å²) < 4.78 is 5.60. The largest absolute Gasteiger partial charge is 0.450 e. The van der Waals surface area contributed by atoms with Crippen LogP contribution in [0.15, 0.2) is 58.5 Å². The van der Waals surface area contributed by atoms with E-state index in [0.717, 1.165) is 11.8 Å². The number of halogens is 2. The summed E-state index contributed by atoms with van der Waals surface area (Å²) in [6.45, 7) is 1.67. The molecule has 1 heterocycles. The van der Waals surface area contributed by atoms with Gasteiger partial charge in [-0.15, -0.1) is 0 Å². The predicted molar refractivity (Wildman–Crippen MR) is 108 cm³/mol. The molecule has 0 aliphatic rings. The van der Waals surface area contributed by atoms with E-state index in [2.05, 4.69) is 9.97 Å². The molecule has 138 valence electrons. The standard InChI is InChI=1S/C19H14Cl2N2O3S/c1-11-17(26-15-8-6-14(21)7-9-15)18(25)23-19(22-11)27-10-16(24)12-2-4-13(20)5-3-12/h2-9H,10H2,1H3,(H,22,23,25). The molecule has 0 radical (unpaired) electrons. The van der Waals surface area contributed by atoms with Crippen LogP contribution in [0.5, 0.6) is 11.5 Å². The molecule has 1 aromatic heterocycles. The van der Waals surface area contributed by atoms with Crippen LogP contribution in [0, 0.1) is 6.92 Å². The average Bonchev–Trinajstić information content (AvgIpc) is 2.65. The smallest absolute Gasteiger partial charge is 0.294 e. The summed E-state index contributed by atoms with van der Waals surface area (Å²) >= 11 is 12.8. The monoisotopic (exact) mass is 420 g/mol. The number of benzene rings is 2. The quantitative estimate of drug-likeness (QED) is 0.339. The van der Waals surface area contributed by atoms with E-state index in [1.807, 2.05) is 0 Å². The summed E-state index contributed by atoms with van der Waals surface area (Å²) in [5, 5.41) is 1.49. The van der Waals surface area contributed by atoms with Crippen molar-refractivity contribution >= 4 is 40.7 Å². The molecule has 0 aliphatic carbocycles. The summed E-state index contributed by atoms with van der Waals surface area (Å²) in [4.78, 5) is 31.5. The topological polar surface area (TPSA) is 72.0 Å². The van der Waals surface area contributed by atoms with Gasteiger partial charge in [-0.3, -0.25) is 14.6 Å². The van der Waals surface area contributed by atoms with Crippen molar-refractivity contribution in [2.75, 3.05) is 5.75 Å². The highest BCUT2D eigenvalue weighted by Crippen LogP contribution is 2.24. The second-order valence-corrected chi connectivity index (χ2v) is 7.40. The zero-order valence-electron chi connectivity index (χ0n) is 14.2. The van der Waals surface area contributed by atoms with Crippen LogP contribution in [0.3, 0.4) is 0 Å². The highest BCUT2D eigenvalue weighted by molar-refractivity contribution is 7.99. The van der Waals surface area contributed by atoms with Gasteiger partial charge in [-0.1, -0.05) is 35.0 Å². The van der Waals surface area contributed by atoms with Gasteiger partial charge in [-0.25, -0.2) is 4.98 Å². The van der Waals surface area contributed by atoms with E-state index in [9.17, 15) is 9.59 Å². The van der Waals surface area contributed by atoms with Crippen molar-refractivity contribution in [2.45, 2.75) is 12.1 Å². The minimum atomic E-state index is -0.418. The lowest BCUT2D eigenvalue weighted by atomic mass is 10.1. The van der Waals surface area contributed by atoms with Crippen LogP contribution in [0.25, 0.3) is 0 Å². The molecule has 0 saturated heterocycles. The number of aromatic nitrogens is 2. The van der Waals surface area contributed by atoms with Gasteiger partial charge in [0.1, 0.15) is 5.75 Å². The molecule has 3 rings (SSSR count). The number of ketones is 1. The molecular formula is C19H14Cl2N2O3S. The maximum Gasteiger partial charge on any atom is 0.294 e. The third kappa shape index (κ3) is 5.13. The van der Waals surface area contributed by atoms with Crippen LogP contribution in [0.1, 0.15) is 16.1 Å². The number of ether oxygens (including phenoxy) is 1. The molecular weight excluding hydrogens is 407 g/mol. The number of carbonyl (C=O) groups is 1. The second kappa shape index (κ2) is 8.61. The molecule has 5 nitrogen and oxygen atoms in total. The molecule has 0 fully saturated rings. The van der Waals surface area contributed by atoms with Gasteiger partial charge in [-0.2, -0.15) is 0 Å². The highest BCUT2D eigenvalue weighted by atomic mass is 35.5. The van der Waals surface area contributed by atoms with Gasteiger partial charge in [0.05, 0.1) is 11.4 Å². The average molecular weight is 421 g/mol. The number of aryl methyl sites for hydroxylation is 1. The van der Waals surface area contributed by atoms with E-state index >= 15 is 0 Å². The Labute approximate surface area is 169 Å². The zero-order valence-corrected chi connectivity index (χ0v) is 16.5. The summed E-state index contributed by atoms with van der Waals surface area (Å²) in [5.74, 6) is 0.638. The van der Waals surface area contributed by atoms with Gasteiger partial charge in [-0.05, 0) is 55.5 Å². The molecule has 0 atom stereocenters. The summed E-state index contributed by atoms with van der Waals surface area (Å²) in [7, 11) is 0. The van der Waals surface area contributed by atoms with E-state index in [4.69, 9.17) is 27.9 Å². The zero-order chi connectivity index (χ0) is 19.4. The Hall–Kier alpha value is -2.28. The molecule has 27 heavy (non-hydrogen) atoms. The first-order valence-electron chi connectivity index (χ1n) is 7.88. The van der Waals surface area contributed by atoms with Crippen LogP contribution in [0.2, 0.25) is 10.0 Å². The molecule has 2 aromatic carbocycles. The number of nitrogens with one attached hydrogen (secondary N) is 1. The molecule has 0 spiro atoms. The van der Waals surface area contributed by atoms with Crippen LogP contribution in [-0.2, 0) is 0 Å². The number of H-pyrrole nitrogens is 1. The van der Waals surface area contributed by atoms with Gasteiger partial charge < -0.3 is 4.74 Å². The Bertz CT molecular complexity index is 1020. The summed E-state index contributed by atoms with van der Waals surface area (Å²) in [5.41, 5.74) is 0.558. The SMILES string of the molecule is Cc1nc(SCC(=O)c2ccc(Cl)cc2)[nH]c(=O)c1Oc1ccc(Cl)cc1. The number of rotatable bonds is 6. The lowest BCUT2D eigenvalue weighted by Gasteiger charge is -2.09. The normalized spacial score (nSPS) is 10.6. The molecule has 8 heteroatoms. The predicted octanol–water partition coefficient (Wildman–Crippen LogP) is 5.15. The van der Waals surface area contributed by atoms with Crippen molar-refractivity contribution in [1.82, 2.24) is 9.97 Å². The fourth-order valence-corrected chi connectivity index (χ4v) is 3.26. The highest BCUT2D eigenvalue weighted by Gasteiger charge is 2.13. The Morgan fingerprint density at radius 2 is 1.67 bits per heavy atom. The fourth-order valence-electron chi connectivity index (χ4n) is 2.21. The van der Waals surface area contributed by atoms with Crippen molar-refractivity contribution < 1.29 is 9.53 Å². The number of hydrogen-bond acceptors (Lipinski definition) is 5. The molecule has 1 N–H and O–H groups in total. The van der Waals surface area contributed by atoms with Crippen molar-refractivity contribution in [3.8, 4) is 11.5 Å². The molecule has 0 saturated carbocycles. The Morgan fingerprint density at radius 3 is 2.26 bits per heavy atom. The third-order valence-electron chi connectivity index (χ3n) is 3.56. The number of carbonyl (C=O) groups excluding carboxylic acids is 1. The minimum Gasteiger partial charge on any atom is -0.450 e. The van der Waals surface area contributed by atoms with Gasteiger partial charge in [0.2, 0.25) is 5.75 Å². The van der Waals surface area contributed by atoms with Crippen molar-refractivity contribution in [3.63, 3.8) is 0 Å². The number of nitrogens with zero attached hydrogens (tertiary/aromatic N) is 1. The number of aromatic amines is 1. The second-order valence-electron chi connectivity index (χ2n) is 5.56. The van der Waals surface area contributed by atoms with Crippen molar-refractivity contribution in [1.29, 1.82) is 0 Å². The molecule has 0 aliphatic heterocycles. The lowest BCUT2D eigenvalue weighted by molar-refractivity contribution is 0.102. The first-order chi connectivity index (χ1) is 12.9. The Balaban J connectivity index is 1.70. The van der Waals surface area contributed by atoms with Gasteiger partial charge in [0.15, 0.2) is 10.9 Å². The van der Waals surface area contributed by atoms with Crippen LogP contribution < -0.4 is 10.3 Å². The number of hydrogen-bond donors (Lipinski definition) is 1. The number of Topliss-reactive ketones (excluding diaryl/α,β-unsaturated/α-hetero) is 1. The van der Waals surface area contributed by atoms with Gasteiger partial charge in [0, 0.05) is 15.6 Å². The summed E-state index contributed by atoms with van der Waals surface area (Å²) in [6, 6.07) is 13.3. The van der Waals surface area contributed by atoms with Crippen molar-refractivity contribution in [2.24, 2.45) is 0 Å². The van der Waals surface area contributed by atoms with E-state index in [1.54, 1.807) is 55.5 Å². The van der Waals surface area contributed by atoms with E-state index < -0.39 is 5.56 Å². The molecule has 0 amide bonds. The van der Waals surface area contributed by atoms with Gasteiger partial charge in [0.25, 0.3) is 5.56 Å². The Kier molecular flexibility index (Phi) is 6.21. The van der Waals surface area contributed by atoms with E-state index in [0.29, 0.717) is 32.2 Å². The maximum absolute atomic E-state index is 12.3. The van der Waals surface area contributed by atoms with E-state index in [1.165, 1.54) is 0 Å². The van der Waals surface area contributed by atoms with Crippen LogP contribution in [0.4, 0.5) is 0 Å². The first kappa shape index (κ1) is 19.5. The third-order valence-corrected chi connectivity index (χ3v) is 4.94. The Morgan fingerprint density at radius 1 is 1.07 bits per heavy atom. The summed E-state index contributed by atoms with van der Waals surface area (Å²) in [6.07, 6.45) is 0. The first-order valence-corrected chi connectivity index (χ1v) is 9.62. The molecule has 0 unspecified atom stereocenters. The van der Waals surface area contributed by atoms with Crippen LogP contribution in [-0.4, -0.2) is 21.5 Å². The maximum atomic E-state index is 12.3. The fraction of sp³-hybridized carbons (Fsp3) is 0.105. The molecule has 0 bridgehead atoms. The molecule has 3 aromatic rings. The number of thioether (sulfide) groups is 1.